The lowest BCUT2D eigenvalue weighted by Crippen LogP contribution is -2.51. The third kappa shape index (κ3) is 4.23. The molecule has 3 unspecified atom stereocenters. The van der Waals surface area contributed by atoms with E-state index < -0.39 is 0 Å². The van der Waals surface area contributed by atoms with E-state index in [1.54, 1.807) is 0 Å². The minimum Gasteiger partial charge on any atom is -0.393 e. The minimum atomic E-state index is -0.176. The topological polar surface area (TPSA) is 43.8 Å². The summed E-state index contributed by atoms with van der Waals surface area (Å²) in [6, 6.07) is 0.355. The van der Waals surface area contributed by atoms with Gasteiger partial charge in [0.2, 0.25) is 5.91 Å². The Balaban J connectivity index is 1.90. The standard InChI is InChI=1S/C18H34N2O2/c1-4-20(16-10-6-5-7-11-16)18(22)14(2)19(3)13-15-9-8-12-17(15)21/h14-17,21H,4-13H2,1-3H3. The van der Waals surface area contributed by atoms with E-state index in [0.717, 1.165) is 45.2 Å². The van der Waals surface area contributed by atoms with E-state index in [2.05, 4.69) is 16.7 Å². The largest absolute Gasteiger partial charge is 0.393 e. The first-order chi connectivity index (χ1) is 10.5. The van der Waals surface area contributed by atoms with Crippen LogP contribution in [0.25, 0.3) is 0 Å². The summed E-state index contributed by atoms with van der Waals surface area (Å²) in [5, 5.41) is 10.00. The molecule has 0 bridgehead atoms. The summed E-state index contributed by atoms with van der Waals surface area (Å²) in [4.78, 5) is 17.1. The Morgan fingerprint density at radius 2 is 1.82 bits per heavy atom. The monoisotopic (exact) mass is 310 g/mol. The van der Waals surface area contributed by atoms with Crippen molar-refractivity contribution in [2.45, 2.75) is 83.4 Å². The number of aliphatic hydroxyl groups excluding tert-OH is 1. The molecule has 1 N–H and O–H groups in total. The first kappa shape index (κ1) is 17.7. The zero-order chi connectivity index (χ0) is 16.1. The lowest BCUT2D eigenvalue weighted by atomic mass is 9.93. The fourth-order valence-corrected chi connectivity index (χ4v) is 4.17. The first-order valence-corrected chi connectivity index (χ1v) is 9.23. The molecule has 0 heterocycles. The zero-order valence-corrected chi connectivity index (χ0v) is 14.6. The van der Waals surface area contributed by atoms with Gasteiger partial charge >= 0.3 is 0 Å². The van der Waals surface area contributed by atoms with E-state index in [1.165, 1.54) is 19.3 Å². The van der Waals surface area contributed by atoms with E-state index in [0.29, 0.717) is 12.0 Å². The molecule has 128 valence electrons. The fourth-order valence-electron chi connectivity index (χ4n) is 4.17. The SMILES string of the molecule is CCN(C(=O)C(C)N(C)CC1CCCC1O)C1CCCCC1. The molecule has 0 aromatic rings. The number of aliphatic hydroxyl groups is 1. The van der Waals surface area contributed by atoms with Gasteiger partial charge in [0, 0.05) is 19.1 Å². The van der Waals surface area contributed by atoms with Gasteiger partial charge in [0.1, 0.15) is 0 Å². The van der Waals surface area contributed by atoms with Crippen molar-refractivity contribution in [1.82, 2.24) is 9.80 Å². The van der Waals surface area contributed by atoms with Gasteiger partial charge in [0.15, 0.2) is 0 Å². The van der Waals surface area contributed by atoms with Crippen LogP contribution in [-0.2, 0) is 4.79 Å². The second-order valence-electron chi connectivity index (χ2n) is 7.29. The van der Waals surface area contributed by atoms with Crippen LogP contribution in [0.5, 0.6) is 0 Å². The number of rotatable bonds is 6. The molecule has 2 saturated carbocycles. The minimum absolute atomic E-state index is 0.0883. The molecule has 0 aromatic heterocycles. The molecule has 4 heteroatoms. The van der Waals surface area contributed by atoms with Crippen molar-refractivity contribution in [3.8, 4) is 0 Å². The molecule has 22 heavy (non-hydrogen) atoms. The van der Waals surface area contributed by atoms with Crippen LogP contribution < -0.4 is 0 Å². The normalized spacial score (nSPS) is 28.0. The Bertz CT molecular complexity index is 355. The maximum Gasteiger partial charge on any atom is 0.239 e. The van der Waals surface area contributed by atoms with Crippen molar-refractivity contribution in [2.24, 2.45) is 5.92 Å². The van der Waals surface area contributed by atoms with E-state index in [4.69, 9.17) is 0 Å². The summed E-state index contributed by atoms with van der Waals surface area (Å²) < 4.78 is 0. The second-order valence-corrected chi connectivity index (χ2v) is 7.29. The molecule has 0 saturated heterocycles. The van der Waals surface area contributed by atoms with Crippen LogP contribution in [0.15, 0.2) is 0 Å². The maximum absolute atomic E-state index is 12.9. The molecule has 0 radical (unpaired) electrons. The van der Waals surface area contributed by atoms with Crippen LogP contribution in [0.1, 0.15) is 65.2 Å². The van der Waals surface area contributed by atoms with Crippen LogP contribution in [0.3, 0.4) is 0 Å². The van der Waals surface area contributed by atoms with E-state index in [9.17, 15) is 9.90 Å². The highest BCUT2D eigenvalue weighted by atomic mass is 16.3. The molecule has 3 atom stereocenters. The van der Waals surface area contributed by atoms with E-state index in [1.807, 2.05) is 14.0 Å². The van der Waals surface area contributed by atoms with Gasteiger partial charge in [-0.25, -0.2) is 0 Å². The average Bonchev–Trinajstić information content (AvgIpc) is 2.93. The Kier molecular flexibility index (Phi) is 6.69. The maximum atomic E-state index is 12.9. The van der Waals surface area contributed by atoms with Crippen molar-refractivity contribution in [1.29, 1.82) is 0 Å². The highest BCUT2D eigenvalue weighted by Gasteiger charge is 2.32. The van der Waals surface area contributed by atoms with Crippen LogP contribution >= 0.6 is 0 Å². The van der Waals surface area contributed by atoms with Crippen LogP contribution in [0.4, 0.5) is 0 Å². The third-order valence-corrected chi connectivity index (χ3v) is 5.80. The van der Waals surface area contributed by atoms with Crippen molar-refractivity contribution < 1.29 is 9.90 Å². The number of carbonyl (C=O) groups excluding carboxylic acids is 1. The third-order valence-electron chi connectivity index (χ3n) is 5.80. The Labute approximate surface area is 135 Å². The van der Waals surface area contributed by atoms with Crippen molar-refractivity contribution in [3.63, 3.8) is 0 Å². The van der Waals surface area contributed by atoms with Gasteiger partial charge in [-0.2, -0.15) is 0 Å². The molecule has 2 rings (SSSR count). The Morgan fingerprint density at radius 1 is 1.14 bits per heavy atom. The van der Waals surface area contributed by atoms with Crippen LogP contribution in [0.2, 0.25) is 0 Å². The molecular weight excluding hydrogens is 276 g/mol. The zero-order valence-electron chi connectivity index (χ0n) is 14.6. The lowest BCUT2D eigenvalue weighted by Gasteiger charge is -2.37. The number of nitrogens with zero attached hydrogens (tertiary/aromatic N) is 2. The van der Waals surface area contributed by atoms with E-state index in [-0.39, 0.29) is 18.1 Å². The van der Waals surface area contributed by atoms with Gasteiger partial charge in [-0.1, -0.05) is 25.7 Å². The lowest BCUT2D eigenvalue weighted by molar-refractivity contribution is -0.139. The summed E-state index contributed by atoms with van der Waals surface area (Å²) in [6.45, 7) is 5.76. The quantitative estimate of drug-likeness (QED) is 0.820. The number of amides is 1. The van der Waals surface area contributed by atoms with Gasteiger partial charge in [-0.15, -0.1) is 0 Å². The molecule has 2 aliphatic carbocycles. The first-order valence-electron chi connectivity index (χ1n) is 9.23. The molecule has 0 aromatic carbocycles. The molecule has 2 fully saturated rings. The van der Waals surface area contributed by atoms with Gasteiger partial charge in [-0.3, -0.25) is 9.69 Å². The van der Waals surface area contributed by atoms with Gasteiger partial charge < -0.3 is 10.0 Å². The highest BCUT2D eigenvalue weighted by Crippen LogP contribution is 2.27. The number of hydrogen-bond donors (Lipinski definition) is 1. The van der Waals surface area contributed by atoms with Crippen LogP contribution in [0, 0.1) is 5.92 Å². The molecule has 0 spiro atoms. The molecule has 1 amide bonds. The van der Waals surface area contributed by atoms with Crippen molar-refractivity contribution >= 4 is 5.91 Å². The fraction of sp³-hybridized carbons (Fsp3) is 0.944. The molecule has 0 aliphatic heterocycles. The van der Waals surface area contributed by atoms with Gasteiger partial charge in [0.05, 0.1) is 12.1 Å². The summed E-state index contributed by atoms with van der Waals surface area (Å²) in [7, 11) is 2.03. The van der Waals surface area contributed by atoms with Gasteiger partial charge in [0.25, 0.3) is 0 Å². The average molecular weight is 310 g/mol. The summed E-state index contributed by atoms with van der Waals surface area (Å²) in [5.41, 5.74) is 0. The molecular formula is C18H34N2O2. The van der Waals surface area contributed by atoms with Crippen LogP contribution in [-0.4, -0.2) is 59.1 Å². The number of likely N-dealkylation sites (N-methyl/N-ethyl adjacent to an activating group) is 2. The summed E-state index contributed by atoms with van der Waals surface area (Å²) >= 11 is 0. The predicted molar refractivity (Wildman–Crippen MR) is 89.7 cm³/mol. The smallest absolute Gasteiger partial charge is 0.239 e. The van der Waals surface area contributed by atoms with Crippen molar-refractivity contribution in [2.75, 3.05) is 20.1 Å². The molecule has 4 nitrogen and oxygen atoms in total. The highest BCUT2D eigenvalue weighted by molar-refractivity contribution is 5.81. The number of carbonyl (C=O) groups is 1. The number of hydrogen-bond acceptors (Lipinski definition) is 3. The summed E-state index contributed by atoms with van der Waals surface area (Å²) in [5.74, 6) is 0.606. The van der Waals surface area contributed by atoms with Crippen molar-refractivity contribution in [3.05, 3.63) is 0 Å². The Morgan fingerprint density at radius 3 is 2.36 bits per heavy atom. The molecule has 2 aliphatic rings. The predicted octanol–water partition coefficient (Wildman–Crippen LogP) is 2.65. The van der Waals surface area contributed by atoms with E-state index >= 15 is 0 Å². The second kappa shape index (κ2) is 8.30. The summed E-state index contributed by atoms with van der Waals surface area (Å²) in [6.07, 6.45) is 9.11. The van der Waals surface area contributed by atoms with Gasteiger partial charge in [-0.05, 0) is 52.5 Å². The Hall–Kier alpha value is -0.610.